The van der Waals surface area contributed by atoms with E-state index in [9.17, 15) is 14.4 Å². The van der Waals surface area contributed by atoms with E-state index in [4.69, 9.17) is 4.74 Å². The van der Waals surface area contributed by atoms with Gasteiger partial charge in [0.25, 0.3) is 0 Å². The Morgan fingerprint density at radius 1 is 1.29 bits per heavy atom. The number of nitrogens with one attached hydrogen (secondary N) is 2. The molecule has 0 radical (unpaired) electrons. The Balaban J connectivity index is 2.29. The average molecular weight is 330 g/mol. The normalized spacial score (nSPS) is 17.3. The van der Waals surface area contributed by atoms with Gasteiger partial charge in [-0.05, 0) is 31.9 Å². The van der Waals surface area contributed by atoms with E-state index in [1.165, 1.54) is 0 Å². The Morgan fingerprint density at radius 3 is 2.67 bits per heavy atom. The highest BCUT2D eigenvalue weighted by Gasteiger charge is 2.36. The zero-order valence-electron chi connectivity index (χ0n) is 14.1. The summed E-state index contributed by atoms with van der Waals surface area (Å²) in [5, 5.41) is 5.44. The molecule has 0 aliphatic carbocycles. The fourth-order valence-corrected chi connectivity index (χ4v) is 2.77. The highest BCUT2D eigenvalue weighted by molar-refractivity contribution is 6.06. The predicted octanol–water partition coefficient (Wildman–Crippen LogP) is 2.16. The summed E-state index contributed by atoms with van der Waals surface area (Å²) in [5.41, 5.74) is 2.26. The summed E-state index contributed by atoms with van der Waals surface area (Å²) in [7, 11) is 0. The Kier molecular flexibility index (Phi) is 5.73. The van der Waals surface area contributed by atoms with E-state index in [1.807, 2.05) is 25.1 Å². The number of amides is 2. The molecular formula is C18H22N2O4. The van der Waals surface area contributed by atoms with Crippen LogP contribution < -0.4 is 10.6 Å². The lowest BCUT2D eigenvalue weighted by Crippen LogP contribution is -2.40. The van der Waals surface area contributed by atoms with Crippen LogP contribution in [-0.2, 0) is 25.5 Å². The number of hydrogen-bond acceptors (Lipinski definition) is 4. The van der Waals surface area contributed by atoms with Gasteiger partial charge in [0.05, 0.1) is 18.1 Å². The van der Waals surface area contributed by atoms with Gasteiger partial charge in [-0.2, -0.15) is 0 Å². The number of carbonyl (C=O) groups excluding carboxylic acids is 3. The predicted molar refractivity (Wildman–Crippen MR) is 90.0 cm³/mol. The maximum Gasteiger partial charge on any atom is 0.336 e. The molecular weight excluding hydrogens is 308 g/mol. The molecule has 0 spiro atoms. The average Bonchev–Trinajstić information content (AvgIpc) is 2.54. The molecule has 0 saturated carbocycles. The van der Waals surface area contributed by atoms with E-state index in [2.05, 4.69) is 10.6 Å². The van der Waals surface area contributed by atoms with Gasteiger partial charge in [0.1, 0.15) is 0 Å². The standard InChI is InChI=1S/C18H22N2O4/c1-4-12-8-6-7-9-14(12)20-17(22)13-10-15(21)19-11(3)16(13)18(23)24-5-2/h6-9,13H,4-5,10H2,1-3H3,(H,19,21)(H,20,22). The van der Waals surface area contributed by atoms with Crippen LogP contribution in [0.25, 0.3) is 0 Å². The van der Waals surface area contributed by atoms with Crippen molar-refractivity contribution in [1.29, 1.82) is 0 Å². The van der Waals surface area contributed by atoms with Gasteiger partial charge in [0.15, 0.2) is 0 Å². The van der Waals surface area contributed by atoms with Gasteiger partial charge in [-0.15, -0.1) is 0 Å². The molecule has 6 nitrogen and oxygen atoms in total. The van der Waals surface area contributed by atoms with Gasteiger partial charge in [0, 0.05) is 17.8 Å². The third-order valence-electron chi connectivity index (χ3n) is 3.94. The van der Waals surface area contributed by atoms with Crippen LogP contribution in [0.2, 0.25) is 0 Å². The molecule has 1 unspecified atom stereocenters. The number of hydrogen-bond donors (Lipinski definition) is 2. The Hall–Kier alpha value is -2.63. The number of esters is 1. The Bertz CT molecular complexity index is 694. The van der Waals surface area contributed by atoms with Crippen molar-refractivity contribution < 1.29 is 19.1 Å². The number of aryl methyl sites for hydroxylation is 1. The molecule has 1 atom stereocenters. The molecule has 0 fully saturated rings. The lowest BCUT2D eigenvalue weighted by molar-refractivity contribution is -0.141. The Morgan fingerprint density at radius 2 is 2.00 bits per heavy atom. The monoisotopic (exact) mass is 330 g/mol. The van der Waals surface area contributed by atoms with Gasteiger partial charge in [-0.3, -0.25) is 9.59 Å². The van der Waals surface area contributed by atoms with Crippen LogP contribution >= 0.6 is 0 Å². The molecule has 1 aliphatic rings. The van der Waals surface area contributed by atoms with E-state index in [0.717, 1.165) is 12.0 Å². The third-order valence-corrected chi connectivity index (χ3v) is 3.94. The van der Waals surface area contributed by atoms with Crippen molar-refractivity contribution in [2.45, 2.75) is 33.6 Å². The van der Waals surface area contributed by atoms with Gasteiger partial charge < -0.3 is 15.4 Å². The molecule has 128 valence electrons. The smallest absolute Gasteiger partial charge is 0.336 e. The first kappa shape index (κ1) is 17.7. The molecule has 1 heterocycles. The summed E-state index contributed by atoms with van der Waals surface area (Å²) < 4.78 is 5.03. The van der Waals surface area contributed by atoms with Crippen LogP contribution in [-0.4, -0.2) is 24.4 Å². The SMILES string of the molecule is CCOC(=O)C1=C(C)NC(=O)CC1C(=O)Nc1ccccc1CC. The van der Waals surface area contributed by atoms with Crippen LogP contribution in [0.3, 0.4) is 0 Å². The van der Waals surface area contributed by atoms with Crippen molar-refractivity contribution in [3.8, 4) is 0 Å². The molecule has 2 rings (SSSR count). The topological polar surface area (TPSA) is 84.5 Å². The number of anilines is 1. The first-order valence-electron chi connectivity index (χ1n) is 8.04. The van der Waals surface area contributed by atoms with Crippen LogP contribution in [0.4, 0.5) is 5.69 Å². The van der Waals surface area contributed by atoms with Crippen molar-refractivity contribution in [1.82, 2.24) is 5.32 Å². The molecule has 2 N–H and O–H groups in total. The van der Waals surface area contributed by atoms with E-state index in [1.54, 1.807) is 19.9 Å². The summed E-state index contributed by atoms with van der Waals surface area (Å²) in [4.78, 5) is 36.7. The zero-order valence-corrected chi connectivity index (χ0v) is 14.1. The quantitative estimate of drug-likeness (QED) is 0.810. The maximum absolute atomic E-state index is 12.7. The van der Waals surface area contributed by atoms with E-state index >= 15 is 0 Å². The van der Waals surface area contributed by atoms with Crippen molar-refractivity contribution in [2.24, 2.45) is 5.92 Å². The molecule has 24 heavy (non-hydrogen) atoms. The lowest BCUT2D eigenvalue weighted by Gasteiger charge is -2.25. The molecule has 2 amide bonds. The molecule has 0 aromatic heterocycles. The minimum atomic E-state index is -0.859. The number of allylic oxidation sites excluding steroid dienone is 1. The number of ether oxygens (including phenoxy) is 1. The Labute approximate surface area is 141 Å². The van der Waals surface area contributed by atoms with Crippen molar-refractivity contribution in [3.63, 3.8) is 0 Å². The summed E-state index contributed by atoms with van der Waals surface area (Å²) in [6.07, 6.45) is 0.687. The molecule has 1 aliphatic heterocycles. The maximum atomic E-state index is 12.7. The number of rotatable bonds is 5. The second kappa shape index (κ2) is 7.77. The molecule has 6 heteroatoms. The van der Waals surface area contributed by atoms with Crippen molar-refractivity contribution >= 4 is 23.5 Å². The molecule has 1 aromatic rings. The fraction of sp³-hybridized carbons (Fsp3) is 0.389. The first-order valence-corrected chi connectivity index (χ1v) is 8.04. The second-order valence-electron chi connectivity index (χ2n) is 5.56. The number of para-hydroxylation sites is 1. The minimum absolute atomic E-state index is 0.0778. The highest BCUT2D eigenvalue weighted by Crippen LogP contribution is 2.26. The van der Waals surface area contributed by atoms with Crippen LogP contribution in [0, 0.1) is 5.92 Å². The summed E-state index contributed by atoms with van der Waals surface area (Å²) in [6, 6.07) is 7.46. The van der Waals surface area contributed by atoms with Crippen LogP contribution in [0.1, 0.15) is 32.8 Å². The van der Waals surface area contributed by atoms with E-state index in [-0.39, 0.29) is 30.4 Å². The van der Waals surface area contributed by atoms with Crippen LogP contribution in [0.5, 0.6) is 0 Å². The number of carbonyl (C=O) groups is 3. The number of benzene rings is 1. The lowest BCUT2D eigenvalue weighted by atomic mass is 9.89. The van der Waals surface area contributed by atoms with Gasteiger partial charge in [0.2, 0.25) is 11.8 Å². The summed E-state index contributed by atoms with van der Waals surface area (Å²) in [5.74, 6) is -2.10. The highest BCUT2D eigenvalue weighted by atomic mass is 16.5. The van der Waals surface area contributed by atoms with E-state index < -0.39 is 11.9 Å². The zero-order chi connectivity index (χ0) is 17.7. The molecule has 1 aromatic carbocycles. The van der Waals surface area contributed by atoms with Gasteiger partial charge in [-0.25, -0.2) is 4.79 Å². The van der Waals surface area contributed by atoms with Gasteiger partial charge in [-0.1, -0.05) is 25.1 Å². The molecule has 0 bridgehead atoms. The second-order valence-corrected chi connectivity index (χ2v) is 5.56. The van der Waals surface area contributed by atoms with Gasteiger partial charge >= 0.3 is 5.97 Å². The summed E-state index contributed by atoms with van der Waals surface area (Å²) in [6.45, 7) is 5.50. The van der Waals surface area contributed by atoms with Crippen molar-refractivity contribution in [2.75, 3.05) is 11.9 Å². The molecule has 0 saturated heterocycles. The fourth-order valence-electron chi connectivity index (χ4n) is 2.77. The largest absolute Gasteiger partial charge is 0.463 e. The summed E-state index contributed by atoms with van der Waals surface area (Å²) >= 11 is 0. The van der Waals surface area contributed by atoms with Crippen molar-refractivity contribution in [3.05, 3.63) is 41.1 Å². The minimum Gasteiger partial charge on any atom is -0.463 e. The first-order chi connectivity index (χ1) is 11.5. The third kappa shape index (κ3) is 3.82. The van der Waals surface area contributed by atoms with Crippen LogP contribution in [0.15, 0.2) is 35.5 Å². The van der Waals surface area contributed by atoms with E-state index in [0.29, 0.717) is 11.4 Å².